The van der Waals surface area contributed by atoms with Crippen molar-refractivity contribution < 1.29 is 19.4 Å². The minimum absolute atomic E-state index is 0.000430. The zero-order valence-corrected chi connectivity index (χ0v) is 12.2. The van der Waals surface area contributed by atoms with E-state index >= 15 is 0 Å². The topological polar surface area (TPSA) is 75.6 Å². The number of carboxylic acids is 1. The summed E-state index contributed by atoms with van der Waals surface area (Å²) in [5.41, 5.74) is 1.14. The van der Waals surface area contributed by atoms with Crippen LogP contribution in [0.5, 0.6) is 0 Å². The highest BCUT2D eigenvalue weighted by Gasteiger charge is 2.22. The molecule has 1 heterocycles. The Labute approximate surface area is 124 Å². The second kappa shape index (κ2) is 7.22. The van der Waals surface area contributed by atoms with Gasteiger partial charge in [-0.2, -0.15) is 0 Å². The number of ether oxygens (including phenoxy) is 1. The fraction of sp³-hybridized carbons (Fsp3) is 0.500. The van der Waals surface area contributed by atoms with Crippen molar-refractivity contribution in [2.24, 2.45) is 0 Å². The van der Waals surface area contributed by atoms with Crippen LogP contribution in [0.25, 0.3) is 0 Å². The van der Waals surface area contributed by atoms with Gasteiger partial charge in [-0.05, 0) is 43.9 Å². The lowest BCUT2D eigenvalue weighted by Gasteiger charge is -2.11. The summed E-state index contributed by atoms with van der Waals surface area (Å²) in [5.74, 6) is -0.947. The van der Waals surface area contributed by atoms with Crippen LogP contribution in [0, 0.1) is 0 Å². The van der Waals surface area contributed by atoms with E-state index in [2.05, 4.69) is 12.2 Å². The molecule has 0 unspecified atom stereocenters. The van der Waals surface area contributed by atoms with E-state index < -0.39 is 5.97 Å². The Bertz CT molecular complexity index is 498. The first-order valence-corrected chi connectivity index (χ1v) is 7.29. The first-order chi connectivity index (χ1) is 10.0. The van der Waals surface area contributed by atoms with Gasteiger partial charge in [0.2, 0.25) is 5.91 Å². The molecule has 1 aliphatic heterocycles. The molecule has 1 fully saturated rings. The summed E-state index contributed by atoms with van der Waals surface area (Å²) >= 11 is 0. The summed E-state index contributed by atoms with van der Waals surface area (Å²) in [7, 11) is 0. The van der Waals surface area contributed by atoms with Crippen LogP contribution in [-0.4, -0.2) is 29.2 Å². The van der Waals surface area contributed by atoms with E-state index in [0.717, 1.165) is 24.8 Å². The Morgan fingerprint density at radius 1 is 1.29 bits per heavy atom. The van der Waals surface area contributed by atoms with Crippen LogP contribution < -0.4 is 5.32 Å². The third-order valence-electron chi connectivity index (χ3n) is 3.70. The third-order valence-corrected chi connectivity index (χ3v) is 3.70. The fourth-order valence-corrected chi connectivity index (χ4v) is 2.44. The van der Waals surface area contributed by atoms with Gasteiger partial charge in [0, 0.05) is 13.0 Å². The van der Waals surface area contributed by atoms with E-state index in [1.165, 1.54) is 12.1 Å². The molecule has 114 valence electrons. The summed E-state index contributed by atoms with van der Waals surface area (Å²) in [4.78, 5) is 22.5. The van der Waals surface area contributed by atoms with Crippen LogP contribution in [0.1, 0.15) is 48.5 Å². The average molecular weight is 291 g/mol. The predicted octanol–water partition coefficient (Wildman–Crippen LogP) is 2.35. The monoisotopic (exact) mass is 291 g/mol. The van der Waals surface area contributed by atoms with Gasteiger partial charge in [-0.15, -0.1) is 0 Å². The Morgan fingerprint density at radius 2 is 2.00 bits per heavy atom. The maximum Gasteiger partial charge on any atom is 0.335 e. The van der Waals surface area contributed by atoms with Gasteiger partial charge in [-0.1, -0.05) is 12.1 Å². The number of carbonyl (C=O) groups excluding carboxylic acids is 1. The molecule has 0 bridgehead atoms. The summed E-state index contributed by atoms with van der Waals surface area (Å²) in [6, 6.07) is 6.51. The summed E-state index contributed by atoms with van der Waals surface area (Å²) in [6.45, 7) is 2.47. The van der Waals surface area contributed by atoms with Gasteiger partial charge in [-0.3, -0.25) is 4.79 Å². The first kappa shape index (κ1) is 15.5. The van der Waals surface area contributed by atoms with Crippen molar-refractivity contribution >= 4 is 11.9 Å². The van der Waals surface area contributed by atoms with E-state index in [4.69, 9.17) is 9.84 Å². The highest BCUT2D eigenvalue weighted by atomic mass is 16.5. The van der Waals surface area contributed by atoms with Crippen molar-refractivity contribution in [1.29, 1.82) is 0 Å². The minimum atomic E-state index is -0.948. The first-order valence-electron chi connectivity index (χ1n) is 7.29. The molecule has 1 aliphatic rings. The lowest BCUT2D eigenvalue weighted by molar-refractivity contribution is -0.122. The molecule has 21 heavy (non-hydrogen) atoms. The molecule has 5 heteroatoms. The van der Waals surface area contributed by atoms with E-state index in [1.807, 2.05) is 0 Å². The number of hydrogen-bond donors (Lipinski definition) is 2. The molecule has 1 amide bonds. The van der Waals surface area contributed by atoms with E-state index in [1.54, 1.807) is 12.1 Å². The van der Waals surface area contributed by atoms with Crippen LogP contribution in [0.4, 0.5) is 0 Å². The number of carboxylic acid groups (broad SMARTS) is 1. The van der Waals surface area contributed by atoms with Gasteiger partial charge < -0.3 is 15.2 Å². The molecule has 0 aromatic heterocycles. The van der Waals surface area contributed by atoms with Crippen LogP contribution in [0.2, 0.25) is 0 Å². The van der Waals surface area contributed by atoms with E-state index in [0.29, 0.717) is 19.1 Å². The fourth-order valence-electron chi connectivity index (χ4n) is 2.44. The maximum absolute atomic E-state index is 11.8. The normalized spacial score (nSPS) is 21.2. The van der Waals surface area contributed by atoms with Gasteiger partial charge in [0.05, 0.1) is 17.8 Å². The van der Waals surface area contributed by atoms with Crippen LogP contribution in [0.3, 0.4) is 0 Å². The van der Waals surface area contributed by atoms with Crippen molar-refractivity contribution in [1.82, 2.24) is 5.32 Å². The number of carbonyl (C=O) groups is 2. The minimum Gasteiger partial charge on any atom is -0.478 e. The predicted molar refractivity (Wildman–Crippen MR) is 78.1 cm³/mol. The van der Waals surface area contributed by atoms with Crippen molar-refractivity contribution in [3.8, 4) is 0 Å². The molecule has 5 nitrogen and oxygen atoms in total. The second-order valence-corrected chi connectivity index (χ2v) is 5.46. The highest BCUT2D eigenvalue weighted by Crippen LogP contribution is 2.22. The van der Waals surface area contributed by atoms with Crippen molar-refractivity contribution in [3.63, 3.8) is 0 Å². The standard InChI is InChI=1S/C16H21NO4/c1-11-2-7-14(21-11)8-9-15(18)17-10-12-3-5-13(6-4-12)16(19)20/h3-6,11,14H,2,7-10H2,1H3,(H,17,18)(H,19,20)/t11-,14-/m1/s1. The van der Waals surface area contributed by atoms with Gasteiger partial charge >= 0.3 is 5.97 Å². The van der Waals surface area contributed by atoms with Crippen molar-refractivity contribution in [2.45, 2.75) is 51.4 Å². The summed E-state index contributed by atoms with van der Waals surface area (Å²) < 4.78 is 5.67. The van der Waals surface area contributed by atoms with Crippen LogP contribution >= 0.6 is 0 Å². The number of amides is 1. The molecule has 2 rings (SSSR count). The molecule has 2 atom stereocenters. The molecule has 2 N–H and O–H groups in total. The van der Waals surface area contributed by atoms with Crippen LogP contribution in [0.15, 0.2) is 24.3 Å². The highest BCUT2D eigenvalue weighted by molar-refractivity contribution is 5.87. The summed E-state index contributed by atoms with van der Waals surface area (Å²) in [6.07, 6.45) is 3.85. The molecule has 1 saturated heterocycles. The van der Waals surface area contributed by atoms with Crippen molar-refractivity contribution in [2.75, 3.05) is 0 Å². The molecule has 1 aromatic rings. The van der Waals surface area contributed by atoms with Gasteiger partial charge in [0.25, 0.3) is 0 Å². The molecular formula is C16H21NO4. The maximum atomic E-state index is 11.8. The number of nitrogens with one attached hydrogen (secondary N) is 1. The SMILES string of the molecule is C[C@@H]1CC[C@H](CCC(=O)NCc2ccc(C(=O)O)cc2)O1. The Balaban J connectivity index is 1.69. The van der Waals surface area contributed by atoms with Gasteiger partial charge in [-0.25, -0.2) is 4.79 Å². The lowest BCUT2D eigenvalue weighted by Crippen LogP contribution is -2.24. The second-order valence-electron chi connectivity index (χ2n) is 5.46. The zero-order valence-electron chi connectivity index (χ0n) is 12.2. The Hall–Kier alpha value is -1.88. The smallest absolute Gasteiger partial charge is 0.335 e. The number of hydrogen-bond acceptors (Lipinski definition) is 3. The third kappa shape index (κ3) is 4.86. The quantitative estimate of drug-likeness (QED) is 0.843. The average Bonchev–Trinajstić information content (AvgIpc) is 2.89. The molecule has 0 radical (unpaired) electrons. The molecule has 0 spiro atoms. The largest absolute Gasteiger partial charge is 0.478 e. The van der Waals surface area contributed by atoms with Crippen molar-refractivity contribution in [3.05, 3.63) is 35.4 Å². The molecule has 0 aliphatic carbocycles. The van der Waals surface area contributed by atoms with Crippen LogP contribution in [-0.2, 0) is 16.1 Å². The van der Waals surface area contributed by atoms with E-state index in [9.17, 15) is 9.59 Å². The summed E-state index contributed by atoms with van der Waals surface area (Å²) in [5, 5.41) is 11.6. The lowest BCUT2D eigenvalue weighted by atomic mass is 10.1. The van der Waals surface area contributed by atoms with Gasteiger partial charge in [0.15, 0.2) is 0 Å². The van der Waals surface area contributed by atoms with Gasteiger partial charge in [0.1, 0.15) is 0 Å². The molecule has 1 aromatic carbocycles. The number of aromatic carboxylic acids is 1. The Morgan fingerprint density at radius 3 is 2.57 bits per heavy atom. The molecular weight excluding hydrogens is 270 g/mol. The zero-order chi connectivity index (χ0) is 15.2. The number of benzene rings is 1. The molecule has 0 saturated carbocycles. The Kier molecular flexibility index (Phi) is 5.33. The van der Waals surface area contributed by atoms with E-state index in [-0.39, 0.29) is 17.6 Å². The number of rotatable bonds is 6.